The van der Waals surface area contributed by atoms with Gasteiger partial charge in [0.15, 0.2) is 0 Å². The SMILES string of the molecule is CCCCCCCCCCCCCC=C(C)C(C)=C(C(=O)O)C(C(=O)O)(C(=O)O)C(=O)O. The van der Waals surface area contributed by atoms with Gasteiger partial charge in [0, 0.05) is 0 Å². The van der Waals surface area contributed by atoms with Crippen molar-refractivity contribution in [2.24, 2.45) is 5.41 Å². The minimum atomic E-state index is -3.58. The van der Waals surface area contributed by atoms with Crippen LogP contribution in [0.25, 0.3) is 0 Å². The number of allylic oxidation sites excluding steroid dienone is 3. The summed E-state index contributed by atoms with van der Waals surface area (Å²) in [6, 6.07) is 0. The van der Waals surface area contributed by atoms with Crippen molar-refractivity contribution in [3.05, 3.63) is 22.8 Å². The van der Waals surface area contributed by atoms with Crippen molar-refractivity contribution in [3.63, 3.8) is 0 Å². The number of carboxylic acid groups (broad SMARTS) is 4. The van der Waals surface area contributed by atoms with E-state index in [1.54, 1.807) is 6.08 Å². The Hall–Kier alpha value is -2.64. The first-order valence-corrected chi connectivity index (χ1v) is 11.4. The van der Waals surface area contributed by atoms with E-state index in [0.717, 1.165) is 25.7 Å². The summed E-state index contributed by atoms with van der Waals surface area (Å²) >= 11 is 0. The Morgan fingerprint density at radius 3 is 1.38 bits per heavy atom. The van der Waals surface area contributed by atoms with Crippen molar-refractivity contribution >= 4 is 23.9 Å². The standard InChI is InChI=1S/C24H38O8/c1-4-5-6-7-8-9-10-11-12-13-14-15-16-17(2)18(3)19(20(25)26)24(21(27)28,22(29)30)23(31)32/h16H,4-15H2,1-3H3,(H,25,26)(H,27,28)(H,29,30)(H,31,32). The Balaban J connectivity index is 4.94. The van der Waals surface area contributed by atoms with Gasteiger partial charge in [-0.1, -0.05) is 82.8 Å². The Labute approximate surface area is 190 Å². The maximum Gasteiger partial charge on any atom is 0.337 e. The lowest BCUT2D eigenvalue weighted by Crippen LogP contribution is -2.50. The molecule has 0 atom stereocenters. The van der Waals surface area contributed by atoms with Crippen molar-refractivity contribution in [1.29, 1.82) is 0 Å². The van der Waals surface area contributed by atoms with E-state index in [1.807, 2.05) is 0 Å². The summed E-state index contributed by atoms with van der Waals surface area (Å²) in [7, 11) is 0. The van der Waals surface area contributed by atoms with Gasteiger partial charge in [-0.25, -0.2) is 19.2 Å². The molecule has 8 heteroatoms. The van der Waals surface area contributed by atoms with E-state index < -0.39 is 34.9 Å². The van der Waals surface area contributed by atoms with Crippen LogP contribution in [0.1, 0.15) is 97.8 Å². The van der Waals surface area contributed by atoms with Crippen LogP contribution in [-0.4, -0.2) is 44.3 Å². The van der Waals surface area contributed by atoms with Crippen LogP contribution in [0.2, 0.25) is 0 Å². The zero-order valence-electron chi connectivity index (χ0n) is 19.5. The average Bonchev–Trinajstić information content (AvgIpc) is 2.70. The molecule has 182 valence electrons. The summed E-state index contributed by atoms with van der Waals surface area (Å²) in [5, 5.41) is 37.4. The number of aliphatic carboxylic acids is 4. The van der Waals surface area contributed by atoms with Gasteiger partial charge in [0.1, 0.15) is 0 Å². The van der Waals surface area contributed by atoms with Gasteiger partial charge in [-0.15, -0.1) is 0 Å². The molecule has 0 saturated carbocycles. The van der Waals surface area contributed by atoms with Crippen molar-refractivity contribution < 1.29 is 39.6 Å². The van der Waals surface area contributed by atoms with Gasteiger partial charge in [-0.3, -0.25) is 0 Å². The second-order valence-corrected chi connectivity index (χ2v) is 8.18. The van der Waals surface area contributed by atoms with E-state index in [9.17, 15) is 39.6 Å². The number of rotatable bonds is 18. The van der Waals surface area contributed by atoms with E-state index in [-0.39, 0.29) is 5.57 Å². The van der Waals surface area contributed by atoms with Crippen molar-refractivity contribution in [2.75, 3.05) is 0 Å². The van der Waals surface area contributed by atoms with Gasteiger partial charge in [-0.05, 0) is 32.3 Å². The normalized spacial score (nSPS) is 12.9. The molecule has 0 amide bonds. The molecule has 0 rings (SSSR count). The highest BCUT2D eigenvalue weighted by Gasteiger charge is 2.60. The molecule has 8 nitrogen and oxygen atoms in total. The molecule has 0 aromatic carbocycles. The number of unbranched alkanes of at least 4 members (excludes halogenated alkanes) is 11. The molecule has 32 heavy (non-hydrogen) atoms. The Kier molecular flexibility index (Phi) is 14.0. The minimum Gasteiger partial charge on any atom is -0.480 e. The molecule has 0 bridgehead atoms. The summed E-state index contributed by atoms with van der Waals surface area (Å²) < 4.78 is 0. The van der Waals surface area contributed by atoms with Crippen molar-refractivity contribution in [3.8, 4) is 0 Å². The van der Waals surface area contributed by atoms with Crippen LogP contribution in [0.5, 0.6) is 0 Å². The number of carboxylic acids is 4. The lowest BCUT2D eigenvalue weighted by atomic mass is 9.76. The predicted octanol–water partition coefficient (Wildman–Crippen LogP) is 5.28. The predicted molar refractivity (Wildman–Crippen MR) is 121 cm³/mol. The third kappa shape index (κ3) is 8.48. The van der Waals surface area contributed by atoms with Crippen molar-refractivity contribution in [2.45, 2.75) is 97.8 Å². The third-order valence-corrected chi connectivity index (χ3v) is 5.78. The smallest absolute Gasteiger partial charge is 0.337 e. The molecule has 4 N–H and O–H groups in total. The summed E-state index contributed by atoms with van der Waals surface area (Å²) in [6.07, 6.45) is 15.3. The van der Waals surface area contributed by atoms with E-state index in [4.69, 9.17) is 0 Å². The maximum absolute atomic E-state index is 11.7. The molecule has 0 heterocycles. The molecule has 0 radical (unpaired) electrons. The molecule has 0 fully saturated rings. The van der Waals surface area contributed by atoms with E-state index in [1.165, 1.54) is 58.8 Å². The summed E-state index contributed by atoms with van der Waals surface area (Å²) in [5.41, 5.74) is -4.57. The average molecular weight is 455 g/mol. The topological polar surface area (TPSA) is 149 Å². The van der Waals surface area contributed by atoms with E-state index >= 15 is 0 Å². The fraction of sp³-hybridized carbons (Fsp3) is 0.667. The maximum atomic E-state index is 11.7. The van der Waals surface area contributed by atoms with Gasteiger partial charge >= 0.3 is 23.9 Å². The van der Waals surface area contributed by atoms with Crippen LogP contribution < -0.4 is 0 Å². The highest BCUT2D eigenvalue weighted by molar-refractivity contribution is 6.24. The Bertz CT molecular complexity index is 681. The minimum absolute atomic E-state index is 0.173. The van der Waals surface area contributed by atoms with Gasteiger partial charge in [0.2, 0.25) is 0 Å². The highest BCUT2D eigenvalue weighted by Crippen LogP contribution is 2.34. The zero-order valence-corrected chi connectivity index (χ0v) is 19.5. The molecular formula is C24H38O8. The quantitative estimate of drug-likeness (QED) is 0.0946. The third-order valence-electron chi connectivity index (χ3n) is 5.78. The van der Waals surface area contributed by atoms with E-state index in [2.05, 4.69) is 6.92 Å². The first-order valence-electron chi connectivity index (χ1n) is 11.4. The molecule has 0 aromatic rings. The Morgan fingerprint density at radius 1 is 0.656 bits per heavy atom. The Morgan fingerprint density at radius 2 is 1.03 bits per heavy atom. The first-order chi connectivity index (χ1) is 15.0. The molecule has 0 saturated heterocycles. The van der Waals surface area contributed by atoms with Gasteiger partial charge in [0.05, 0.1) is 5.57 Å². The summed E-state index contributed by atoms with van der Waals surface area (Å²) in [5.74, 6) is -8.66. The molecule has 0 aliphatic carbocycles. The number of hydrogen-bond donors (Lipinski definition) is 4. The number of hydrogen-bond acceptors (Lipinski definition) is 4. The van der Waals surface area contributed by atoms with Crippen LogP contribution in [0.15, 0.2) is 22.8 Å². The second-order valence-electron chi connectivity index (χ2n) is 8.18. The van der Waals surface area contributed by atoms with Crippen LogP contribution in [0.3, 0.4) is 0 Å². The fourth-order valence-corrected chi connectivity index (χ4v) is 3.67. The molecule has 0 aliphatic rings. The second kappa shape index (κ2) is 15.2. The highest BCUT2D eigenvalue weighted by atomic mass is 16.4. The fourth-order valence-electron chi connectivity index (χ4n) is 3.67. The molecule has 0 aromatic heterocycles. The largest absolute Gasteiger partial charge is 0.480 e. The summed E-state index contributed by atoms with van der Waals surface area (Å²) in [6.45, 7) is 4.96. The van der Waals surface area contributed by atoms with E-state index in [0.29, 0.717) is 12.0 Å². The molecular weight excluding hydrogens is 416 g/mol. The first kappa shape index (κ1) is 29.4. The van der Waals surface area contributed by atoms with Crippen molar-refractivity contribution in [1.82, 2.24) is 0 Å². The van der Waals surface area contributed by atoms with Crippen LogP contribution >= 0.6 is 0 Å². The zero-order chi connectivity index (χ0) is 24.7. The van der Waals surface area contributed by atoms with Gasteiger partial charge in [-0.2, -0.15) is 0 Å². The van der Waals surface area contributed by atoms with Gasteiger partial charge in [0.25, 0.3) is 5.41 Å². The van der Waals surface area contributed by atoms with Crippen LogP contribution in [0, 0.1) is 5.41 Å². The lowest BCUT2D eigenvalue weighted by molar-refractivity contribution is -0.174. The lowest BCUT2D eigenvalue weighted by Gasteiger charge is -2.23. The molecule has 0 unspecified atom stereocenters. The summed E-state index contributed by atoms with van der Waals surface area (Å²) in [4.78, 5) is 46.4. The number of carbonyl (C=O) groups is 4. The molecule has 0 aliphatic heterocycles. The van der Waals surface area contributed by atoms with Crippen LogP contribution in [-0.2, 0) is 19.2 Å². The monoisotopic (exact) mass is 454 g/mol. The van der Waals surface area contributed by atoms with Crippen LogP contribution in [0.4, 0.5) is 0 Å². The molecule has 0 spiro atoms. The van der Waals surface area contributed by atoms with Gasteiger partial charge < -0.3 is 20.4 Å².